The zero-order valence-electron chi connectivity index (χ0n) is 12.3. The average molecular weight is 310 g/mol. The molecule has 0 atom stereocenters. The Morgan fingerprint density at radius 3 is 2.33 bits per heavy atom. The van der Waals surface area contributed by atoms with Gasteiger partial charge in [0.2, 0.25) is 0 Å². The first-order valence-corrected chi connectivity index (χ1v) is 8.87. The van der Waals surface area contributed by atoms with Crippen LogP contribution in [0.3, 0.4) is 0 Å². The predicted octanol–water partition coefficient (Wildman–Crippen LogP) is 1.35. The Morgan fingerprint density at radius 2 is 1.76 bits per heavy atom. The molecule has 0 aromatic heterocycles. The van der Waals surface area contributed by atoms with Gasteiger partial charge in [-0.15, -0.1) is 0 Å². The third kappa shape index (κ3) is 3.83. The minimum absolute atomic E-state index is 0.185. The van der Waals surface area contributed by atoms with E-state index in [2.05, 4.69) is 10.6 Å². The van der Waals surface area contributed by atoms with Gasteiger partial charge in [-0.05, 0) is 44.2 Å². The van der Waals surface area contributed by atoms with Crippen LogP contribution in [0.5, 0.6) is 0 Å². The molecule has 1 amide bonds. The zero-order valence-corrected chi connectivity index (χ0v) is 13.1. The molecule has 0 bridgehead atoms. The average Bonchev–Trinajstić information content (AvgIpc) is 3.02. The summed E-state index contributed by atoms with van der Waals surface area (Å²) in [6.45, 7) is 1.23. The van der Waals surface area contributed by atoms with Crippen molar-refractivity contribution in [2.24, 2.45) is 0 Å². The largest absolute Gasteiger partial charge is 0.351 e. The molecule has 2 rings (SSSR count). The lowest BCUT2D eigenvalue weighted by molar-refractivity contribution is 0.0954. The number of hydrogen-bond acceptors (Lipinski definition) is 4. The molecular formula is C15H22N2O3S. The van der Waals surface area contributed by atoms with E-state index in [1.54, 1.807) is 24.3 Å². The summed E-state index contributed by atoms with van der Waals surface area (Å²) in [5.41, 5.74) is 0.483. The van der Waals surface area contributed by atoms with Gasteiger partial charge in [0.15, 0.2) is 9.84 Å². The highest BCUT2D eigenvalue weighted by Gasteiger charge is 2.30. The van der Waals surface area contributed by atoms with Crippen LogP contribution in [0.4, 0.5) is 0 Å². The summed E-state index contributed by atoms with van der Waals surface area (Å²) in [5.74, 6) is -0.185. The maximum Gasteiger partial charge on any atom is 0.251 e. The number of rotatable bonds is 6. The molecule has 21 heavy (non-hydrogen) atoms. The zero-order chi connectivity index (χ0) is 15.3. The number of amides is 1. The molecule has 0 saturated heterocycles. The third-order valence-corrected chi connectivity index (χ3v) is 6.12. The maximum absolute atomic E-state index is 12.4. The monoisotopic (exact) mass is 310 g/mol. The molecule has 1 aliphatic rings. The van der Waals surface area contributed by atoms with E-state index in [1.165, 1.54) is 0 Å². The molecule has 1 saturated carbocycles. The summed E-state index contributed by atoms with van der Waals surface area (Å²) in [6.07, 6.45) is 3.45. The van der Waals surface area contributed by atoms with Crippen molar-refractivity contribution in [2.45, 2.75) is 35.8 Å². The molecule has 0 radical (unpaired) electrons. The Labute approximate surface area is 126 Å². The fraction of sp³-hybridized carbons (Fsp3) is 0.533. The second-order valence-corrected chi connectivity index (χ2v) is 7.56. The molecule has 5 nitrogen and oxygen atoms in total. The predicted molar refractivity (Wildman–Crippen MR) is 82.1 cm³/mol. The standard InChI is InChI=1S/C15H22N2O3S/c1-16-10-11-17-15(18)12-6-8-14(9-7-12)21(19,20)13-4-2-3-5-13/h6-9,13,16H,2-5,10-11H2,1H3,(H,17,18). The molecule has 2 N–H and O–H groups in total. The molecule has 1 aliphatic carbocycles. The molecule has 1 aromatic rings. The van der Waals surface area contributed by atoms with Crippen LogP contribution in [0.2, 0.25) is 0 Å². The lowest BCUT2D eigenvalue weighted by Crippen LogP contribution is -2.30. The van der Waals surface area contributed by atoms with Crippen LogP contribution < -0.4 is 10.6 Å². The van der Waals surface area contributed by atoms with Crippen LogP contribution in [0.25, 0.3) is 0 Å². The van der Waals surface area contributed by atoms with Crippen molar-refractivity contribution in [3.63, 3.8) is 0 Å². The van der Waals surface area contributed by atoms with Gasteiger partial charge >= 0.3 is 0 Å². The smallest absolute Gasteiger partial charge is 0.251 e. The van der Waals surface area contributed by atoms with E-state index < -0.39 is 9.84 Å². The van der Waals surface area contributed by atoms with Crippen LogP contribution in [0, 0.1) is 0 Å². The van der Waals surface area contributed by atoms with Crippen molar-refractivity contribution in [1.29, 1.82) is 0 Å². The van der Waals surface area contributed by atoms with Gasteiger partial charge < -0.3 is 10.6 Å². The molecule has 1 aromatic carbocycles. The van der Waals surface area contributed by atoms with E-state index >= 15 is 0 Å². The summed E-state index contributed by atoms with van der Waals surface area (Å²) >= 11 is 0. The Morgan fingerprint density at radius 1 is 1.14 bits per heavy atom. The molecule has 6 heteroatoms. The van der Waals surface area contributed by atoms with E-state index in [0.717, 1.165) is 25.7 Å². The van der Waals surface area contributed by atoms with Gasteiger partial charge in [0, 0.05) is 18.7 Å². The summed E-state index contributed by atoms with van der Waals surface area (Å²) in [4.78, 5) is 12.2. The number of likely N-dealkylation sites (N-methyl/N-ethyl adjacent to an activating group) is 1. The Kier molecular flexibility index (Phi) is 5.36. The van der Waals surface area contributed by atoms with Gasteiger partial charge in [-0.3, -0.25) is 4.79 Å². The molecular weight excluding hydrogens is 288 g/mol. The molecule has 0 aliphatic heterocycles. The minimum atomic E-state index is -3.24. The first kappa shape index (κ1) is 16.0. The number of nitrogens with one attached hydrogen (secondary N) is 2. The van der Waals surface area contributed by atoms with E-state index in [4.69, 9.17) is 0 Å². The third-order valence-electron chi connectivity index (χ3n) is 3.85. The first-order valence-electron chi connectivity index (χ1n) is 7.32. The van der Waals surface area contributed by atoms with Crippen molar-refractivity contribution in [3.8, 4) is 0 Å². The van der Waals surface area contributed by atoms with Gasteiger partial charge in [0.25, 0.3) is 5.91 Å². The fourth-order valence-corrected chi connectivity index (χ4v) is 4.44. The Hall–Kier alpha value is -1.40. The van der Waals surface area contributed by atoms with Crippen molar-refractivity contribution >= 4 is 15.7 Å². The highest BCUT2D eigenvalue weighted by molar-refractivity contribution is 7.92. The fourth-order valence-electron chi connectivity index (χ4n) is 2.59. The van der Waals surface area contributed by atoms with Crippen LogP contribution >= 0.6 is 0 Å². The number of carbonyl (C=O) groups excluding carboxylic acids is 1. The summed E-state index contributed by atoms with van der Waals surface area (Å²) in [6, 6.07) is 6.24. The molecule has 1 fully saturated rings. The van der Waals surface area contributed by atoms with Crippen LogP contribution in [-0.2, 0) is 9.84 Å². The van der Waals surface area contributed by atoms with Gasteiger partial charge in [-0.1, -0.05) is 12.8 Å². The van der Waals surface area contributed by atoms with Crippen LogP contribution in [0.1, 0.15) is 36.0 Å². The normalized spacial score (nSPS) is 16.0. The quantitative estimate of drug-likeness (QED) is 0.778. The van der Waals surface area contributed by atoms with Crippen molar-refractivity contribution in [1.82, 2.24) is 10.6 Å². The highest BCUT2D eigenvalue weighted by Crippen LogP contribution is 2.29. The van der Waals surface area contributed by atoms with Gasteiger partial charge in [0.05, 0.1) is 10.1 Å². The SMILES string of the molecule is CNCCNC(=O)c1ccc(S(=O)(=O)C2CCCC2)cc1. The lowest BCUT2D eigenvalue weighted by atomic mass is 10.2. The number of sulfone groups is 1. The Bertz CT molecular complexity index is 575. The van der Waals surface area contributed by atoms with E-state index in [-0.39, 0.29) is 11.2 Å². The van der Waals surface area contributed by atoms with Crippen LogP contribution in [-0.4, -0.2) is 39.7 Å². The molecule has 0 heterocycles. The van der Waals surface area contributed by atoms with E-state index in [1.807, 2.05) is 7.05 Å². The topological polar surface area (TPSA) is 75.3 Å². The second-order valence-electron chi connectivity index (χ2n) is 5.34. The maximum atomic E-state index is 12.4. The molecule has 0 spiro atoms. The Balaban J connectivity index is 2.06. The second kappa shape index (κ2) is 7.04. The van der Waals surface area contributed by atoms with Gasteiger partial charge in [0.1, 0.15) is 0 Å². The number of benzene rings is 1. The highest BCUT2D eigenvalue weighted by atomic mass is 32.2. The van der Waals surface area contributed by atoms with E-state index in [0.29, 0.717) is 23.5 Å². The number of carbonyl (C=O) groups is 1. The van der Waals surface area contributed by atoms with E-state index in [9.17, 15) is 13.2 Å². The van der Waals surface area contributed by atoms with Crippen molar-refractivity contribution in [3.05, 3.63) is 29.8 Å². The minimum Gasteiger partial charge on any atom is -0.351 e. The van der Waals surface area contributed by atoms with Crippen molar-refractivity contribution in [2.75, 3.05) is 20.1 Å². The van der Waals surface area contributed by atoms with Crippen molar-refractivity contribution < 1.29 is 13.2 Å². The molecule has 0 unspecified atom stereocenters. The lowest BCUT2D eigenvalue weighted by Gasteiger charge is -2.11. The van der Waals surface area contributed by atoms with Gasteiger partial charge in [-0.25, -0.2) is 8.42 Å². The summed E-state index contributed by atoms with van der Waals surface area (Å²) in [7, 11) is -1.43. The van der Waals surface area contributed by atoms with Gasteiger partial charge in [-0.2, -0.15) is 0 Å². The van der Waals surface area contributed by atoms with Crippen LogP contribution in [0.15, 0.2) is 29.2 Å². The summed E-state index contributed by atoms with van der Waals surface area (Å²) in [5, 5.41) is 5.45. The number of hydrogen-bond donors (Lipinski definition) is 2. The summed E-state index contributed by atoms with van der Waals surface area (Å²) < 4.78 is 24.8. The molecule has 116 valence electrons. The first-order chi connectivity index (χ1) is 10.1.